The summed E-state index contributed by atoms with van der Waals surface area (Å²) >= 11 is 0. The Morgan fingerprint density at radius 2 is 1.43 bits per heavy atom. The zero-order valence-electron chi connectivity index (χ0n) is 21.8. The summed E-state index contributed by atoms with van der Waals surface area (Å²) in [5.41, 5.74) is 3.27. The smallest absolute Gasteiger partial charge is 0.264 e. The van der Waals surface area contributed by atoms with Crippen molar-refractivity contribution in [1.82, 2.24) is 10.2 Å². The van der Waals surface area contributed by atoms with Gasteiger partial charge in [-0.25, -0.2) is 8.42 Å². The zero-order valence-corrected chi connectivity index (χ0v) is 22.7. The fraction of sp³-hybridized carbons (Fsp3) is 0.310. The molecule has 0 bridgehead atoms. The molecule has 37 heavy (non-hydrogen) atoms. The van der Waals surface area contributed by atoms with E-state index in [1.54, 1.807) is 49.4 Å². The van der Waals surface area contributed by atoms with Crippen LogP contribution >= 0.6 is 0 Å². The van der Waals surface area contributed by atoms with E-state index in [0.717, 1.165) is 27.4 Å². The van der Waals surface area contributed by atoms with Crippen molar-refractivity contribution in [2.45, 2.75) is 51.6 Å². The molecule has 0 heterocycles. The van der Waals surface area contributed by atoms with Gasteiger partial charge in [-0.1, -0.05) is 72.6 Å². The Hall–Kier alpha value is -3.65. The molecule has 0 aliphatic carbocycles. The summed E-state index contributed by atoms with van der Waals surface area (Å²) < 4.78 is 28.5. The van der Waals surface area contributed by atoms with Gasteiger partial charge in [-0.3, -0.25) is 13.9 Å². The normalized spacial score (nSPS) is 12.0. The third kappa shape index (κ3) is 7.20. The highest BCUT2D eigenvalue weighted by molar-refractivity contribution is 7.92. The van der Waals surface area contributed by atoms with E-state index in [-0.39, 0.29) is 17.3 Å². The zero-order chi connectivity index (χ0) is 27.0. The van der Waals surface area contributed by atoms with Crippen LogP contribution in [0.3, 0.4) is 0 Å². The van der Waals surface area contributed by atoms with Crippen molar-refractivity contribution in [3.05, 3.63) is 95.6 Å². The average molecular weight is 522 g/mol. The lowest BCUT2D eigenvalue weighted by atomic mass is 10.1. The van der Waals surface area contributed by atoms with Gasteiger partial charge in [-0.2, -0.15) is 0 Å². The van der Waals surface area contributed by atoms with E-state index in [9.17, 15) is 18.0 Å². The molecule has 0 radical (unpaired) electrons. The number of nitrogens with zero attached hydrogens (tertiary/aromatic N) is 2. The molecular weight excluding hydrogens is 486 g/mol. The molecule has 0 saturated heterocycles. The Bertz CT molecular complexity index is 1290. The molecule has 196 valence electrons. The predicted octanol–water partition coefficient (Wildman–Crippen LogP) is 4.44. The summed E-state index contributed by atoms with van der Waals surface area (Å²) in [6, 6.07) is 21.9. The van der Waals surface area contributed by atoms with Gasteiger partial charge < -0.3 is 10.2 Å². The lowest BCUT2D eigenvalue weighted by molar-refractivity contribution is -0.139. The molecule has 0 aromatic heterocycles. The van der Waals surface area contributed by atoms with Gasteiger partial charge in [0.15, 0.2) is 0 Å². The highest BCUT2D eigenvalue weighted by atomic mass is 32.2. The quantitative estimate of drug-likeness (QED) is 0.404. The van der Waals surface area contributed by atoms with Crippen molar-refractivity contribution in [2.75, 3.05) is 17.4 Å². The maximum atomic E-state index is 13.8. The van der Waals surface area contributed by atoms with Crippen molar-refractivity contribution in [3.8, 4) is 0 Å². The number of carbonyl (C=O) groups is 2. The van der Waals surface area contributed by atoms with E-state index < -0.39 is 28.5 Å². The van der Waals surface area contributed by atoms with Crippen molar-refractivity contribution in [3.63, 3.8) is 0 Å². The van der Waals surface area contributed by atoms with Crippen molar-refractivity contribution < 1.29 is 18.0 Å². The highest BCUT2D eigenvalue weighted by Gasteiger charge is 2.32. The number of amides is 2. The van der Waals surface area contributed by atoms with E-state index >= 15 is 0 Å². The van der Waals surface area contributed by atoms with Gasteiger partial charge in [0.2, 0.25) is 11.8 Å². The number of anilines is 1. The fourth-order valence-electron chi connectivity index (χ4n) is 3.83. The van der Waals surface area contributed by atoms with E-state index in [0.29, 0.717) is 12.2 Å². The van der Waals surface area contributed by atoms with Crippen LogP contribution < -0.4 is 9.62 Å². The molecule has 1 atom stereocenters. The first kappa shape index (κ1) is 27.9. The van der Waals surface area contributed by atoms with Gasteiger partial charge in [-0.05, 0) is 57.0 Å². The number of rotatable bonds is 11. The molecule has 2 amide bonds. The molecule has 0 saturated carbocycles. The summed E-state index contributed by atoms with van der Waals surface area (Å²) in [5.74, 6) is -0.755. The molecule has 7 nitrogen and oxygen atoms in total. The second-order valence-corrected chi connectivity index (χ2v) is 11.0. The number of sulfonamides is 1. The third-order valence-corrected chi connectivity index (χ3v) is 7.91. The standard InChI is InChI=1S/C29H35N3O4S/c1-5-19-30-29(34)24(4)31(20-25-15-11-22(2)12-16-25)28(33)21-32(26-17-13-23(3)14-18-26)37(35,36)27-9-7-6-8-10-27/h6-18,24H,5,19-21H2,1-4H3,(H,30,34)/t24-/m0/s1. The Labute approximate surface area is 220 Å². The van der Waals surface area contributed by atoms with Gasteiger partial charge >= 0.3 is 0 Å². The van der Waals surface area contributed by atoms with Crippen molar-refractivity contribution in [1.29, 1.82) is 0 Å². The Balaban J connectivity index is 1.99. The van der Waals surface area contributed by atoms with Gasteiger partial charge in [0.1, 0.15) is 12.6 Å². The van der Waals surface area contributed by atoms with Crippen LogP contribution in [-0.4, -0.2) is 44.3 Å². The monoisotopic (exact) mass is 521 g/mol. The number of carbonyl (C=O) groups excluding carboxylic acids is 2. The van der Waals surface area contributed by atoms with Crippen LogP contribution in [0.2, 0.25) is 0 Å². The molecule has 3 rings (SSSR count). The Kier molecular flexibility index (Phi) is 9.47. The van der Waals surface area contributed by atoms with Gasteiger partial charge in [0.25, 0.3) is 10.0 Å². The first-order valence-corrected chi connectivity index (χ1v) is 13.8. The average Bonchev–Trinajstić information content (AvgIpc) is 2.90. The number of hydrogen-bond acceptors (Lipinski definition) is 4. The first-order chi connectivity index (χ1) is 17.6. The molecule has 3 aromatic carbocycles. The molecule has 0 spiro atoms. The van der Waals surface area contributed by atoms with Crippen molar-refractivity contribution >= 4 is 27.5 Å². The molecule has 8 heteroatoms. The largest absolute Gasteiger partial charge is 0.354 e. The van der Waals surface area contributed by atoms with Crippen LogP contribution in [0.5, 0.6) is 0 Å². The molecule has 3 aromatic rings. The molecule has 1 N–H and O–H groups in total. The summed E-state index contributed by atoms with van der Waals surface area (Å²) in [6.07, 6.45) is 0.765. The molecule has 0 fully saturated rings. The fourth-order valence-corrected chi connectivity index (χ4v) is 5.26. The summed E-state index contributed by atoms with van der Waals surface area (Å²) in [4.78, 5) is 28.2. The van der Waals surface area contributed by atoms with E-state index in [1.807, 2.05) is 45.0 Å². The molecule has 0 aliphatic heterocycles. The summed E-state index contributed by atoms with van der Waals surface area (Å²) in [7, 11) is -4.05. The highest BCUT2D eigenvalue weighted by Crippen LogP contribution is 2.25. The van der Waals surface area contributed by atoms with Crippen LogP contribution in [0.15, 0.2) is 83.8 Å². The minimum Gasteiger partial charge on any atom is -0.354 e. The van der Waals surface area contributed by atoms with Crippen LogP contribution in [-0.2, 0) is 26.2 Å². The summed E-state index contributed by atoms with van der Waals surface area (Å²) in [6.45, 7) is 7.72. The molecular formula is C29H35N3O4S. The van der Waals surface area contributed by atoms with E-state index in [4.69, 9.17) is 0 Å². The van der Waals surface area contributed by atoms with Gasteiger partial charge in [0.05, 0.1) is 10.6 Å². The maximum Gasteiger partial charge on any atom is 0.264 e. The van der Waals surface area contributed by atoms with Crippen LogP contribution in [0.25, 0.3) is 0 Å². The number of hydrogen-bond donors (Lipinski definition) is 1. The van der Waals surface area contributed by atoms with Crippen LogP contribution in [0.1, 0.15) is 37.0 Å². The number of aryl methyl sites for hydroxylation is 2. The molecule has 0 aliphatic rings. The lowest BCUT2D eigenvalue weighted by Gasteiger charge is -2.32. The van der Waals surface area contributed by atoms with Crippen LogP contribution in [0.4, 0.5) is 5.69 Å². The minimum atomic E-state index is -4.05. The predicted molar refractivity (Wildman–Crippen MR) is 147 cm³/mol. The SMILES string of the molecule is CCCNC(=O)[C@H](C)N(Cc1ccc(C)cc1)C(=O)CN(c1ccc(C)cc1)S(=O)(=O)c1ccccc1. The van der Waals surface area contributed by atoms with Gasteiger partial charge in [0, 0.05) is 13.1 Å². The van der Waals surface area contributed by atoms with Crippen molar-refractivity contribution in [2.24, 2.45) is 0 Å². The number of nitrogens with one attached hydrogen (secondary N) is 1. The second-order valence-electron chi connectivity index (χ2n) is 9.13. The lowest BCUT2D eigenvalue weighted by Crippen LogP contribution is -2.51. The third-order valence-electron chi connectivity index (χ3n) is 6.12. The maximum absolute atomic E-state index is 13.8. The molecule has 0 unspecified atom stereocenters. The van der Waals surface area contributed by atoms with Crippen LogP contribution in [0, 0.1) is 13.8 Å². The number of benzene rings is 3. The topological polar surface area (TPSA) is 86.8 Å². The van der Waals surface area contributed by atoms with E-state index in [2.05, 4.69) is 5.32 Å². The summed E-state index contributed by atoms with van der Waals surface area (Å²) in [5, 5.41) is 2.84. The Morgan fingerprint density at radius 3 is 2.00 bits per heavy atom. The second kappa shape index (κ2) is 12.5. The Morgan fingerprint density at radius 1 is 0.865 bits per heavy atom. The minimum absolute atomic E-state index is 0.0854. The first-order valence-electron chi connectivity index (χ1n) is 12.4. The van der Waals surface area contributed by atoms with E-state index in [1.165, 1.54) is 17.0 Å². The van der Waals surface area contributed by atoms with Gasteiger partial charge in [-0.15, -0.1) is 0 Å².